The molecule has 164 valence electrons. The van der Waals surface area contributed by atoms with Crippen molar-refractivity contribution in [3.05, 3.63) is 89.2 Å². The first-order chi connectivity index (χ1) is 15.2. The first kappa shape index (κ1) is 22.0. The quantitative estimate of drug-likeness (QED) is 0.350. The zero-order chi connectivity index (χ0) is 22.9. The molecular weight excluding hydrogens is 459 g/mol. The van der Waals surface area contributed by atoms with Gasteiger partial charge in [-0.05, 0) is 23.8 Å². The number of sulfone groups is 1. The molecule has 4 aromatic rings. The first-order valence-electron chi connectivity index (χ1n) is 9.35. The Balaban J connectivity index is 1.79. The van der Waals surface area contributed by atoms with E-state index in [-0.39, 0.29) is 17.3 Å². The molecule has 1 aromatic heterocycles. The Morgan fingerprint density at radius 1 is 0.906 bits per heavy atom. The van der Waals surface area contributed by atoms with Crippen LogP contribution in [0.15, 0.2) is 71.6 Å². The van der Waals surface area contributed by atoms with Crippen molar-refractivity contribution in [2.24, 2.45) is 0 Å². The first-order valence-corrected chi connectivity index (χ1v) is 12.1. The molecule has 1 heterocycles. The van der Waals surface area contributed by atoms with Crippen LogP contribution in [0.2, 0.25) is 0 Å². The monoisotopic (exact) mass is 475 g/mol. The summed E-state index contributed by atoms with van der Waals surface area (Å²) in [6.07, 6.45) is 1.11. The van der Waals surface area contributed by atoms with Crippen LogP contribution >= 0.6 is 11.3 Å². The molecule has 0 aliphatic rings. The Morgan fingerprint density at radius 3 is 2.22 bits per heavy atom. The number of hydrogen-bond acceptors (Lipinski definition) is 5. The van der Waals surface area contributed by atoms with Gasteiger partial charge in [-0.1, -0.05) is 30.3 Å². The van der Waals surface area contributed by atoms with E-state index < -0.39 is 27.3 Å². The van der Waals surface area contributed by atoms with Crippen LogP contribution in [-0.2, 0) is 16.4 Å². The fourth-order valence-corrected chi connectivity index (χ4v) is 5.03. The predicted molar refractivity (Wildman–Crippen MR) is 117 cm³/mol. The molecule has 0 saturated heterocycles. The van der Waals surface area contributed by atoms with Crippen LogP contribution in [0.3, 0.4) is 0 Å². The molecule has 0 aliphatic carbocycles. The van der Waals surface area contributed by atoms with E-state index in [2.05, 4.69) is 4.98 Å². The summed E-state index contributed by atoms with van der Waals surface area (Å²) in [7, 11) is -3.55. The van der Waals surface area contributed by atoms with Gasteiger partial charge < -0.3 is 4.74 Å². The summed E-state index contributed by atoms with van der Waals surface area (Å²) in [5.41, 5.74) is 1.44. The number of hydrogen-bond donors (Lipinski definition) is 0. The van der Waals surface area contributed by atoms with Crippen molar-refractivity contribution >= 4 is 21.2 Å². The molecule has 3 aromatic carbocycles. The highest BCUT2D eigenvalue weighted by Crippen LogP contribution is 2.39. The van der Waals surface area contributed by atoms with Crippen molar-refractivity contribution in [1.82, 2.24) is 4.98 Å². The maximum absolute atomic E-state index is 13.5. The predicted octanol–water partition coefficient (Wildman–Crippen LogP) is 5.88. The molecule has 0 amide bonds. The number of rotatable bonds is 6. The van der Waals surface area contributed by atoms with Crippen LogP contribution in [0.1, 0.15) is 5.01 Å². The van der Waals surface area contributed by atoms with Gasteiger partial charge in [0.2, 0.25) is 0 Å². The minimum Gasteiger partial charge on any atom is -0.486 e. The lowest BCUT2D eigenvalue weighted by Crippen LogP contribution is -2.01. The van der Waals surface area contributed by atoms with Crippen LogP contribution in [0.25, 0.3) is 21.7 Å². The average Bonchev–Trinajstić information content (AvgIpc) is 3.16. The standard InChI is InChI=1S/C23H16F3NO3S2/c1-32(28,29)20-5-3-2-4-19(20)22-23(14-6-8-15(24)9-7-14)31-21(27-22)13-30-18-11-16(25)10-17(26)12-18/h2-12H,13H2,1H3. The molecule has 4 nitrogen and oxygen atoms in total. The maximum atomic E-state index is 13.5. The van der Waals surface area contributed by atoms with Crippen molar-refractivity contribution in [3.63, 3.8) is 0 Å². The Bertz CT molecular complexity index is 1360. The fraction of sp³-hybridized carbons (Fsp3) is 0.0870. The second kappa shape index (κ2) is 8.76. The van der Waals surface area contributed by atoms with Crippen molar-refractivity contribution in [3.8, 4) is 27.4 Å². The summed E-state index contributed by atoms with van der Waals surface area (Å²) in [5, 5.41) is 0.451. The van der Waals surface area contributed by atoms with Crippen molar-refractivity contribution < 1.29 is 26.3 Å². The molecule has 0 spiro atoms. The number of nitrogens with zero attached hydrogens (tertiary/aromatic N) is 1. The van der Waals surface area contributed by atoms with E-state index in [0.29, 0.717) is 26.7 Å². The number of aromatic nitrogens is 1. The molecule has 0 atom stereocenters. The van der Waals surface area contributed by atoms with E-state index in [4.69, 9.17) is 4.74 Å². The smallest absolute Gasteiger partial charge is 0.176 e. The van der Waals surface area contributed by atoms with Gasteiger partial charge in [-0.15, -0.1) is 11.3 Å². The van der Waals surface area contributed by atoms with Gasteiger partial charge in [-0.25, -0.2) is 26.6 Å². The van der Waals surface area contributed by atoms with Gasteiger partial charge in [-0.2, -0.15) is 0 Å². The van der Waals surface area contributed by atoms with E-state index in [1.165, 1.54) is 29.5 Å². The van der Waals surface area contributed by atoms with Crippen LogP contribution in [0.4, 0.5) is 13.2 Å². The van der Waals surface area contributed by atoms with Gasteiger partial charge >= 0.3 is 0 Å². The summed E-state index contributed by atoms with van der Waals surface area (Å²) < 4.78 is 70.5. The topological polar surface area (TPSA) is 56.3 Å². The lowest BCUT2D eigenvalue weighted by molar-refractivity contribution is 0.302. The van der Waals surface area contributed by atoms with Crippen molar-refractivity contribution in [2.45, 2.75) is 11.5 Å². The fourth-order valence-electron chi connectivity index (χ4n) is 3.15. The molecule has 0 bridgehead atoms. The van der Waals surface area contributed by atoms with Crippen LogP contribution in [0, 0.1) is 17.5 Å². The maximum Gasteiger partial charge on any atom is 0.176 e. The summed E-state index contributed by atoms with van der Waals surface area (Å²) >= 11 is 1.22. The van der Waals surface area contributed by atoms with Gasteiger partial charge in [0.05, 0.1) is 15.5 Å². The Labute approximate surface area is 186 Å². The average molecular weight is 476 g/mol. The lowest BCUT2D eigenvalue weighted by Gasteiger charge is -2.08. The van der Waals surface area contributed by atoms with E-state index in [0.717, 1.165) is 24.5 Å². The number of halogens is 3. The second-order valence-corrected chi connectivity index (χ2v) is 10.0. The van der Waals surface area contributed by atoms with Crippen molar-refractivity contribution in [1.29, 1.82) is 0 Å². The molecule has 9 heteroatoms. The molecule has 0 N–H and O–H groups in total. The third-order valence-corrected chi connectivity index (χ3v) is 6.75. The van der Waals surface area contributed by atoms with E-state index >= 15 is 0 Å². The number of thiazole rings is 1. The Morgan fingerprint density at radius 2 is 1.56 bits per heavy atom. The van der Waals surface area contributed by atoms with Gasteiger partial charge in [0, 0.05) is 30.0 Å². The van der Waals surface area contributed by atoms with Crippen molar-refractivity contribution in [2.75, 3.05) is 6.26 Å². The molecular formula is C23H16F3NO3S2. The number of benzene rings is 3. The Hall–Kier alpha value is -3.17. The SMILES string of the molecule is CS(=O)(=O)c1ccccc1-c1nc(COc2cc(F)cc(F)c2)sc1-c1ccc(F)cc1. The van der Waals surface area contributed by atoms with E-state index in [9.17, 15) is 21.6 Å². The summed E-state index contributed by atoms with van der Waals surface area (Å²) in [6.45, 7) is -0.0944. The molecule has 0 saturated carbocycles. The normalized spacial score (nSPS) is 11.5. The largest absolute Gasteiger partial charge is 0.486 e. The summed E-state index contributed by atoms with van der Waals surface area (Å²) in [6, 6.07) is 15.0. The van der Waals surface area contributed by atoms with Gasteiger partial charge in [0.1, 0.15) is 34.8 Å². The highest BCUT2D eigenvalue weighted by Gasteiger charge is 2.21. The minimum absolute atomic E-state index is 0.000816. The molecule has 4 rings (SSSR count). The third-order valence-electron chi connectivity index (χ3n) is 4.52. The molecule has 32 heavy (non-hydrogen) atoms. The van der Waals surface area contributed by atoms with E-state index in [1.54, 1.807) is 30.3 Å². The van der Waals surface area contributed by atoms with Crippen LogP contribution in [-0.4, -0.2) is 19.7 Å². The third kappa shape index (κ3) is 4.84. The van der Waals surface area contributed by atoms with Gasteiger partial charge in [0.25, 0.3) is 0 Å². The second-order valence-electron chi connectivity index (χ2n) is 6.95. The number of ether oxygens (including phenoxy) is 1. The molecule has 0 unspecified atom stereocenters. The lowest BCUT2D eigenvalue weighted by atomic mass is 10.1. The van der Waals surface area contributed by atoms with Gasteiger partial charge in [0.15, 0.2) is 9.84 Å². The zero-order valence-electron chi connectivity index (χ0n) is 16.7. The zero-order valence-corrected chi connectivity index (χ0v) is 18.3. The summed E-state index contributed by atoms with van der Waals surface area (Å²) in [5.74, 6) is -1.95. The minimum atomic E-state index is -3.55. The van der Waals surface area contributed by atoms with E-state index in [1.807, 2.05) is 0 Å². The highest BCUT2D eigenvalue weighted by atomic mass is 32.2. The molecule has 0 radical (unpaired) electrons. The molecule has 0 aliphatic heterocycles. The van der Waals surface area contributed by atoms with Gasteiger partial charge in [-0.3, -0.25) is 0 Å². The van der Waals surface area contributed by atoms with Crippen LogP contribution in [0.5, 0.6) is 5.75 Å². The summed E-state index contributed by atoms with van der Waals surface area (Å²) in [4.78, 5) is 5.28. The highest BCUT2D eigenvalue weighted by molar-refractivity contribution is 7.90. The Kier molecular flexibility index (Phi) is 6.03. The van der Waals surface area contributed by atoms with Crippen LogP contribution < -0.4 is 4.74 Å². The molecule has 0 fully saturated rings.